The Kier molecular flexibility index (Phi) is 6.52. The number of hydrogen-bond donors (Lipinski definition) is 1. The highest BCUT2D eigenvalue weighted by molar-refractivity contribution is 5.14. The molecule has 2 rings (SSSR count). The molecule has 1 heterocycles. The Morgan fingerprint density at radius 2 is 1.83 bits per heavy atom. The molecule has 0 spiro atoms. The molecule has 0 atom stereocenters. The van der Waals surface area contributed by atoms with Crippen molar-refractivity contribution in [3.63, 3.8) is 0 Å². The molecular formula is C18H26N4O2. The Balaban J connectivity index is 1.74. The number of benzene rings is 1. The summed E-state index contributed by atoms with van der Waals surface area (Å²) in [6, 6.07) is 10.4. The molecule has 1 aromatic heterocycles. The molecule has 0 aliphatic rings. The lowest BCUT2D eigenvalue weighted by Crippen LogP contribution is -2.39. The highest BCUT2D eigenvalue weighted by atomic mass is 16.2. The third kappa shape index (κ3) is 4.91. The summed E-state index contributed by atoms with van der Waals surface area (Å²) in [6.07, 6.45) is 2.61. The van der Waals surface area contributed by atoms with Gasteiger partial charge in [-0.2, -0.15) is 0 Å². The lowest BCUT2D eigenvalue weighted by Gasteiger charge is -2.16. The molecule has 0 saturated heterocycles. The minimum Gasteiger partial charge on any atom is -0.312 e. The molecule has 0 bridgehead atoms. The Morgan fingerprint density at radius 3 is 2.54 bits per heavy atom. The van der Waals surface area contributed by atoms with Crippen molar-refractivity contribution >= 4 is 0 Å². The van der Waals surface area contributed by atoms with Gasteiger partial charge in [0.25, 0.3) is 5.56 Å². The first-order valence-corrected chi connectivity index (χ1v) is 8.17. The summed E-state index contributed by atoms with van der Waals surface area (Å²) in [5.41, 5.74) is 1.39. The molecule has 1 N–H and O–H groups in total. The maximum Gasteiger partial charge on any atom is 0.330 e. The normalized spacial score (nSPS) is 11.2. The lowest BCUT2D eigenvalue weighted by atomic mass is 10.2. The fourth-order valence-electron chi connectivity index (χ4n) is 2.68. The van der Waals surface area contributed by atoms with Gasteiger partial charge in [0.05, 0.1) is 0 Å². The van der Waals surface area contributed by atoms with E-state index >= 15 is 0 Å². The van der Waals surface area contributed by atoms with E-state index in [-0.39, 0.29) is 11.2 Å². The summed E-state index contributed by atoms with van der Waals surface area (Å²) >= 11 is 0. The van der Waals surface area contributed by atoms with Crippen LogP contribution in [0.25, 0.3) is 0 Å². The molecule has 0 amide bonds. The zero-order valence-electron chi connectivity index (χ0n) is 14.7. The second kappa shape index (κ2) is 8.61. The molecule has 0 saturated carbocycles. The van der Waals surface area contributed by atoms with E-state index in [0.717, 1.165) is 30.6 Å². The second-order valence-electron chi connectivity index (χ2n) is 6.17. The average molecular weight is 330 g/mol. The molecule has 1 aromatic carbocycles. The molecule has 0 radical (unpaired) electrons. The summed E-state index contributed by atoms with van der Waals surface area (Å²) in [7, 11) is 5.27. The summed E-state index contributed by atoms with van der Waals surface area (Å²) < 4.78 is 2.58. The highest BCUT2D eigenvalue weighted by Gasteiger charge is 2.06. The molecule has 24 heavy (non-hydrogen) atoms. The van der Waals surface area contributed by atoms with Crippen LogP contribution in [0.2, 0.25) is 0 Å². The number of hydrogen-bond acceptors (Lipinski definition) is 4. The first-order chi connectivity index (χ1) is 11.5. The van der Waals surface area contributed by atoms with Crippen LogP contribution in [0.3, 0.4) is 0 Å². The predicted octanol–water partition coefficient (Wildman–Crippen LogP) is 0.696. The Bertz CT molecular complexity index is 765. The SMILES string of the molecule is CN(CCCNCc1cn(C)c(=O)n(C)c1=O)Cc1ccccc1. The Morgan fingerprint density at radius 1 is 1.12 bits per heavy atom. The van der Waals surface area contributed by atoms with Crippen LogP contribution < -0.4 is 16.6 Å². The van der Waals surface area contributed by atoms with Crippen LogP contribution in [-0.2, 0) is 27.2 Å². The van der Waals surface area contributed by atoms with E-state index in [4.69, 9.17) is 0 Å². The smallest absolute Gasteiger partial charge is 0.312 e. The maximum absolute atomic E-state index is 12.0. The standard InChI is InChI=1S/C18H26N4O2/c1-20(13-15-8-5-4-6-9-15)11-7-10-19-12-16-14-21(2)18(24)22(3)17(16)23/h4-6,8-9,14,19H,7,10-13H2,1-3H3. The maximum atomic E-state index is 12.0. The van der Waals surface area contributed by atoms with Crippen LogP contribution in [0.5, 0.6) is 0 Å². The molecule has 6 heteroatoms. The number of aryl methyl sites for hydroxylation is 1. The van der Waals surface area contributed by atoms with Crippen molar-refractivity contribution in [3.8, 4) is 0 Å². The van der Waals surface area contributed by atoms with E-state index in [9.17, 15) is 9.59 Å². The van der Waals surface area contributed by atoms with Gasteiger partial charge >= 0.3 is 5.69 Å². The van der Waals surface area contributed by atoms with Crippen molar-refractivity contribution < 1.29 is 0 Å². The topological polar surface area (TPSA) is 59.3 Å². The van der Waals surface area contributed by atoms with Gasteiger partial charge in [0.1, 0.15) is 0 Å². The highest BCUT2D eigenvalue weighted by Crippen LogP contribution is 2.02. The van der Waals surface area contributed by atoms with Crippen LogP contribution in [-0.4, -0.2) is 34.2 Å². The predicted molar refractivity (Wildman–Crippen MR) is 96.0 cm³/mol. The second-order valence-corrected chi connectivity index (χ2v) is 6.17. The number of nitrogens with one attached hydrogen (secondary N) is 1. The van der Waals surface area contributed by atoms with Crippen LogP contribution in [0.15, 0.2) is 46.1 Å². The first-order valence-electron chi connectivity index (χ1n) is 8.17. The van der Waals surface area contributed by atoms with E-state index in [1.165, 1.54) is 17.2 Å². The minimum absolute atomic E-state index is 0.230. The van der Waals surface area contributed by atoms with Crippen molar-refractivity contribution in [2.45, 2.75) is 19.5 Å². The third-order valence-corrected chi connectivity index (χ3v) is 4.02. The quantitative estimate of drug-likeness (QED) is 0.724. The van der Waals surface area contributed by atoms with Gasteiger partial charge < -0.3 is 14.8 Å². The van der Waals surface area contributed by atoms with Crippen LogP contribution in [0, 0.1) is 0 Å². The van der Waals surface area contributed by atoms with Crippen molar-refractivity contribution in [2.24, 2.45) is 14.1 Å². The van der Waals surface area contributed by atoms with E-state index in [1.54, 1.807) is 13.2 Å². The zero-order chi connectivity index (χ0) is 17.5. The molecule has 0 unspecified atom stereocenters. The van der Waals surface area contributed by atoms with Crippen molar-refractivity contribution in [1.82, 2.24) is 19.4 Å². The molecule has 6 nitrogen and oxygen atoms in total. The summed E-state index contributed by atoms with van der Waals surface area (Å²) in [4.78, 5) is 25.9. The monoisotopic (exact) mass is 330 g/mol. The zero-order valence-corrected chi connectivity index (χ0v) is 14.7. The summed E-state index contributed by atoms with van der Waals surface area (Å²) in [6.45, 7) is 3.21. The molecule has 2 aromatic rings. The molecule has 0 aliphatic carbocycles. The van der Waals surface area contributed by atoms with Crippen molar-refractivity contribution in [3.05, 3.63) is 68.5 Å². The largest absolute Gasteiger partial charge is 0.330 e. The number of aromatic nitrogens is 2. The molecule has 0 aliphatic heterocycles. The van der Waals surface area contributed by atoms with Gasteiger partial charge in [0.2, 0.25) is 0 Å². The van der Waals surface area contributed by atoms with E-state index < -0.39 is 0 Å². The van der Waals surface area contributed by atoms with Gasteiger partial charge in [-0.1, -0.05) is 30.3 Å². The van der Waals surface area contributed by atoms with E-state index in [0.29, 0.717) is 12.1 Å². The first kappa shape index (κ1) is 18.2. The van der Waals surface area contributed by atoms with Gasteiger partial charge in [-0.05, 0) is 32.1 Å². The summed E-state index contributed by atoms with van der Waals surface area (Å²) in [5, 5.41) is 3.28. The van der Waals surface area contributed by atoms with Gasteiger partial charge in [0, 0.05) is 38.9 Å². The fourth-order valence-corrected chi connectivity index (χ4v) is 2.68. The summed E-state index contributed by atoms with van der Waals surface area (Å²) in [5.74, 6) is 0. The fraction of sp³-hybridized carbons (Fsp3) is 0.444. The number of rotatable bonds is 8. The molecule has 130 valence electrons. The van der Waals surface area contributed by atoms with Gasteiger partial charge in [-0.3, -0.25) is 9.36 Å². The average Bonchev–Trinajstić information content (AvgIpc) is 2.58. The Labute approximate surface area is 142 Å². The van der Waals surface area contributed by atoms with Crippen molar-refractivity contribution in [1.29, 1.82) is 0 Å². The molecular weight excluding hydrogens is 304 g/mol. The minimum atomic E-state index is -0.300. The van der Waals surface area contributed by atoms with E-state index in [1.807, 2.05) is 6.07 Å². The van der Waals surface area contributed by atoms with Crippen LogP contribution in [0.4, 0.5) is 0 Å². The van der Waals surface area contributed by atoms with Crippen LogP contribution >= 0.6 is 0 Å². The van der Waals surface area contributed by atoms with Gasteiger partial charge in [-0.25, -0.2) is 4.79 Å². The van der Waals surface area contributed by atoms with Gasteiger partial charge in [0.15, 0.2) is 0 Å². The third-order valence-electron chi connectivity index (χ3n) is 4.02. The van der Waals surface area contributed by atoms with E-state index in [2.05, 4.69) is 41.5 Å². The lowest BCUT2D eigenvalue weighted by molar-refractivity contribution is 0.319. The number of nitrogens with zero attached hydrogens (tertiary/aromatic N) is 3. The molecule has 0 fully saturated rings. The van der Waals surface area contributed by atoms with Gasteiger partial charge in [-0.15, -0.1) is 0 Å². The Hall–Kier alpha value is -2.18. The van der Waals surface area contributed by atoms with Crippen LogP contribution in [0.1, 0.15) is 17.5 Å². The van der Waals surface area contributed by atoms with Crippen molar-refractivity contribution in [2.75, 3.05) is 20.1 Å².